The van der Waals surface area contributed by atoms with Crippen molar-refractivity contribution >= 4 is 18.3 Å². The third-order valence-corrected chi connectivity index (χ3v) is 6.02. The molecule has 4 rings (SSSR count). The van der Waals surface area contributed by atoms with E-state index in [1.54, 1.807) is 4.90 Å². The summed E-state index contributed by atoms with van der Waals surface area (Å²) in [6.07, 6.45) is 0. The highest BCUT2D eigenvalue weighted by molar-refractivity contribution is 5.94. The average molecular weight is 400 g/mol. The van der Waals surface area contributed by atoms with Crippen LogP contribution in [0, 0.1) is 35.9 Å². The van der Waals surface area contributed by atoms with Gasteiger partial charge in [0.05, 0.1) is 17.2 Å². The molecule has 0 N–H and O–H groups in total. The lowest BCUT2D eigenvalue weighted by Crippen LogP contribution is -2.34. The maximum atomic E-state index is 14.3. The van der Waals surface area contributed by atoms with Crippen LogP contribution in [0.25, 0.3) is 0 Å². The fourth-order valence-electron chi connectivity index (χ4n) is 4.74. The van der Waals surface area contributed by atoms with Crippen LogP contribution >= 0.6 is 12.4 Å². The molecule has 2 aliphatic heterocycles. The molecule has 146 valence electrons. The van der Waals surface area contributed by atoms with E-state index in [0.29, 0.717) is 24.9 Å². The van der Waals surface area contributed by atoms with Crippen LogP contribution < -0.4 is 0 Å². The number of hydrogen-bond donors (Lipinski definition) is 0. The van der Waals surface area contributed by atoms with Gasteiger partial charge in [0.2, 0.25) is 0 Å². The molecule has 0 unspecified atom stereocenters. The van der Waals surface area contributed by atoms with Crippen molar-refractivity contribution in [2.45, 2.75) is 13.0 Å². The Morgan fingerprint density at radius 1 is 1.18 bits per heavy atom. The molecule has 0 aromatic heterocycles. The zero-order chi connectivity index (χ0) is 19.1. The van der Waals surface area contributed by atoms with Gasteiger partial charge in [-0.25, -0.2) is 4.39 Å². The van der Waals surface area contributed by atoms with Crippen LogP contribution in [0.2, 0.25) is 0 Å². The first-order chi connectivity index (χ1) is 13.0. The first-order valence-corrected chi connectivity index (χ1v) is 9.24. The summed E-state index contributed by atoms with van der Waals surface area (Å²) in [5.74, 6) is -0.159. The number of amides is 1. The zero-order valence-electron chi connectivity index (χ0n) is 15.9. The number of fused-ring (bicyclic) bond motifs is 1. The number of aryl methyl sites for hydroxylation is 1. The number of nitriles is 1. The van der Waals surface area contributed by atoms with Crippen molar-refractivity contribution in [3.8, 4) is 6.07 Å². The first-order valence-electron chi connectivity index (χ1n) is 9.24. The molecule has 2 aromatic rings. The summed E-state index contributed by atoms with van der Waals surface area (Å²) >= 11 is 0. The average Bonchev–Trinajstić information content (AvgIpc) is 3.18. The maximum Gasteiger partial charge on any atom is 0.256 e. The van der Waals surface area contributed by atoms with Crippen LogP contribution in [0.15, 0.2) is 42.5 Å². The second kappa shape index (κ2) is 7.90. The van der Waals surface area contributed by atoms with Gasteiger partial charge in [0, 0.05) is 31.6 Å². The minimum Gasteiger partial charge on any atom is -0.338 e. The van der Waals surface area contributed by atoms with E-state index in [2.05, 4.69) is 37.1 Å². The summed E-state index contributed by atoms with van der Waals surface area (Å²) in [4.78, 5) is 17.0. The van der Waals surface area contributed by atoms with E-state index in [1.165, 1.54) is 23.3 Å². The number of likely N-dealkylation sites (tertiary alicyclic amines) is 2. The van der Waals surface area contributed by atoms with E-state index < -0.39 is 5.82 Å². The van der Waals surface area contributed by atoms with Crippen molar-refractivity contribution < 1.29 is 9.18 Å². The highest BCUT2D eigenvalue weighted by Gasteiger charge is 2.47. The van der Waals surface area contributed by atoms with Crippen molar-refractivity contribution in [1.82, 2.24) is 9.80 Å². The van der Waals surface area contributed by atoms with Gasteiger partial charge >= 0.3 is 0 Å². The van der Waals surface area contributed by atoms with Crippen LogP contribution in [-0.2, 0) is 0 Å². The summed E-state index contributed by atoms with van der Waals surface area (Å²) in [6, 6.07) is 14.6. The molecule has 2 fully saturated rings. The van der Waals surface area contributed by atoms with Crippen LogP contribution in [-0.4, -0.2) is 42.4 Å². The monoisotopic (exact) mass is 399 g/mol. The zero-order valence-corrected chi connectivity index (χ0v) is 16.7. The molecule has 0 spiro atoms. The normalized spacial score (nSPS) is 23.8. The Balaban J connectivity index is 0.00000225. The Labute approximate surface area is 171 Å². The van der Waals surface area contributed by atoms with E-state index >= 15 is 0 Å². The molecule has 2 aliphatic rings. The standard InChI is InChI=1S/C22H22FN3O.ClH/c1-14-5-3-4-6-17(14)21-19-13-26(12-16(19)11-25(21)2)22(27)18-8-7-15(10-24)9-20(18)23;/h3-9,16,19,21H,11-13H2,1-2H3;1H/t16-,19+,21-;/m0./s1. The minimum absolute atomic E-state index is 0. The van der Waals surface area contributed by atoms with E-state index in [4.69, 9.17) is 5.26 Å². The van der Waals surface area contributed by atoms with E-state index in [0.717, 1.165) is 12.6 Å². The summed E-state index contributed by atoms with van der Waals surface area (Å²) in [6.45, 7) is 4.34. The van der Waals surface area contributed by atoms with Gasteiger partial charge in [0.25, 0.3) is 5.91 Å². The Kier molecular flexibility index (Phi) is 5.74. The van der Waals surface area contributed by atoms with Gasteiger partial charge in [0.1, 0.15) is 5.82 Å². The molecule has 0 saturated carbocycles. The molecular weight excluding hydrogens is 377 g/mol. The quantitative estimate of drug-likeness (QED) is 0.771. The van der Waals surface area contributed by atoms with E-state index in [1.807, 2.05) is 12.1 Å². The highest BCUT2D eigenvalue weighted by Crippen LogP contribution is 2.45. The number of carbonyl (C=O) groups excluding carboxylic acids is 1. The third kappa shape index (κ3) is 3.39. The molecule has 6 heteroatoms. The molecule has 0 radical (unpaired) electrons. The molecule has 3 atom stereocenters. The van der Waals surface area contributed by atoms with Gasteiger partial charge < -0.3 is 4.90 Å². The van der Waals surface area contributed by atoms with Crippen molar-refractivity contribution in [1.29, 1.82) is 5.26 Å². The summed E-state index contributed by atoms with van der Waals surface area (Å²) in [7, 11) is 2.14. The van der Waals surface area contributed by atoms with Crippen molar-refractivity contribution in [3.05, 3.63) is 70.5 Å². The number of halogens is 2. The van der Waals surface area contributed by atoms with E-state index in [9.17, 15) is 9.18 Å². The lowest BCUT2D eigenvalue weighted by atomic mass is 9.88. The molecular formula is C22H23ClFN3O. The molecule has 4 nitrogen and oxygen atoms in total. The van der Waals surface area contributed by atoms with Crippen molar-refractivity contribution in [2.75, 3.05) is 26.7 Å². The summed E-state index contributed by atoms with van der Waals surface area (Å²) in [5.41, 5.74) is 2.85. The first kappa shape index (κ1) is 20.3. The fourth-order valence-corrected chi connectivity index (χ4v) is 4.74. The largest absolute Gasteiger partial charge is 0.338 e. The van der Waals surface area contributed by atoms with Gasteiger partial charge in [-0.05, 0) is 49.2 Å². The molecule has 1 amide bonds. The van der Waals surface area contributed by atoms with Gasteiger partial charge in [-0.3, -0.25) is 9.69 Å². The predicted octanol–water partition coefficient (Wildman–Crippen LogP) is 3.80. The van der Waals surface area contributed by atoms with Crippen LogP contribution in [0.4, 0.5) is 4.39 Å². The van der Waals surface area contributed by atoms with Crippen LogP contribution in [0.5, 0.6) is 0 Å². The molecule has 2 saturated heterocycles. The van der Waals surface area contributed by atoms with Gasteiger partial charge in [0.15, 0.2) is 0 Å². The summed E-state index contributed by atoms with van der Waals surface area (Å²) in [5, 5.41) is 8.88. The lowest BCUT2D eigenvalue weighted by Gasteiger charge is -2.28. The Hall–Kier alpha value is -2.42. The summed E-state index contributed by atoms with van der Waals surface area (Å²) < 4.78 is 14.3. The number of hydrogen-bond acceptors (Lipinski definition) is 3. The number of benzene rings is 2. The Morgan fingerprint density at radius 2 is 1.93 bits per heavy atom. The number of rotatable bonds is 2. The fraction of sp³-hybridized carbons (Fsp3) is 0.364. The lowest BCUT2D eigenvalue weighted by molar-refractivity contribution is 0.0763. The second-order valence-corrected chi connectivity index (χ2v) is 7.68. The van der Waals surface area contributed by atoms with Crippen LogP contribution in [0.3, 0.4) is 0 Å². The SMILES string of the molecule is Cc1ccccc1[C@H]1[C@@H]2CN(C(=O)c3ccc(C#N)cc3F)C[C@@H]2CN1C.Cl. The third-order valence-electron chi connectivity index (χ3n) is 6.02. The van der Waals surface area contributed by atoms with E-state index in [-0.39, 0.29) is 35.5 Å². The second-order valence-electron chi connectivity index (χ2n) is 7.68. The van der Waals surface area contributed by atoms with Gasteiger partial charge in [-0.15, -0.1) is 12.4 Å². The van der Waals surface area contributed by atoms with Crippen molar-refractivity contribution in [3.63, 3.8) is 0 Å². The maximum absolute atomic E-state index is 14.3. The minimum atomic E-state index is -0.622. The molecule has 2 heterocycles. The predicted molar refractivity (Wildman–Crippen MR) is 108 cm³/mol. The highest BCUT2D eigenvalue weighted by atomic mass is 35.5. The topological polar surface area (TPSA) is 47.3 Å². The van der Waals surface area contributed by atoms with Gasteiger partial charge in [-0.1, -0.05) is 24.3 Å². The van der Waals surface area contributed by atoms with Crippen molar-refractivity contribution in [2.24, 2.45) is 11.8 Å². The Bertz CT molecular complexity index is 942. The van der Waals surface area contributed by atoms with Gasteiger partial charge in [-0.2, -0.15) is 5.26 Å². The molecule has 28 heavy (non-hydrogen) atoms. The molecule has 0 bridgehead atoms. The van der Waals surface area contributed by atoms with Crippen LogP contribution in [0.1, 0.15) is 33.1 Å². The number of nitrogens with zero attached hydrogens (tertiary/aromatic N) is 3. The number of carbonyl (C=O) groups is 1. The Morgan fingerprint density at radius 3 is 2.61 bits per heavy atom. The molecule has 2 aromatic carbocycles. The smallest absolute Gasteiger partial charge is 0.256 e. The molecule has 0 aliphatic carbocycles.